The molecule has 0 aliphatic heterocycles. The quantitative estimate of drug-likeness (QED) is 0.762. The third-order valence-corrected chi connectivity index (χ3v) is 5.41. The molecule has 0 saturated heterocycles. The summed E-state index contributed by atoms with van der Waals surface area (Å²) in [6.07, 6.45) is 2.06. The van der Waals surface area contributed by atoms with Gasteiger partial charge in [0.25, 0.3) is 0 Å². The molecule has 1 aromatic heterocycles. The number of sulfonamides is 1. The van der Waals surface area contributed by atoms with Gasteiger partial charge >= 0.3 is 0 Å². The minimum Gasteiger partial charge on any atom is -0.493 e. The molecule has 24 heavy (non-hydrogen) atoms. The van der Waals surface area contributed by atoms with E-state index in [4.69, 9.17) is 9.47 Å². The first kappa shape index (κ1) is 18.2. The Morgan fingerprint density at radius 1 is 1.17 bits per heavy atom. The predicted octanol–water partition coefficient (Wildman–Crippen LogP) is 2.10. The Labute approximate surface area is 140 Å². The smallest absolute Gasteiger partial charge is 0.245 e. The van der Waals surface area contributed by atoms with E-state index in [1.807, 2.05) is 6.07 Å². The van der Waals surface area contributed by atoms with Crippen molar-refractivity contribution in [2.75, 3.05) is 27.8 Å². The Bertz CT molecular complexity index is 797. The molecule has 2 rings (SSSR count). The Morgan fingerprint density at radius 2 is 1.83 bits per heavy atom. The van der Waals surface area contributed by atoms with Gasteiger partial charge < -0.3 is 9.47 Å². The lowest BCUT2D eigenvalue weighted by Gasteiger charge is -2.18. The number of ether oxygens (including phenoxy) is 2. The molecular weight excluding hydrogens is 335 g/mol. The average molecular weight is 354 g/mol. The maximum absolute atomic E-state index is 14.2. The van der Waals surface area contributed by atoms with E-state index in [0.29, 0.717) is 6.42 Å². The van der Waals surface area contributed by atoms with Crippen molar-refractivity contribution in [3.05, 3.63) is 48.0 Å². The molecule has 0 atom stereocenters. The highest BCUT2D eigenvalue weighted by Crippen LogP contribution is 2.32. The van der Waals surface area contributed by atoms with Crippen LogP contribution in [0, 0.1) is 5.82 Å². The van der Waals surface area contributed by atoms with Crippen LogP contribution in [0.2, 0.25) is 0 Å². The Balaban J connectivity index is 2.25. The van der Waals surface area contributed by atoms with Crippen LogP contribution in [0.1, 0.15) is 5.69 Å². The van der Waals surface area contributed by atoms with Gasteiger partial charge in [0.1, 0.15) is 10.7 Å². The summed E-state index contributed by atoms with van der Waals surface area (Å²) < 4.78 is 50.6. The molecule has 0 aliphatic rings. The minimum absolute atomic E-state index is 0.130. The number of hydrogen-bond donors (Lipinski definition) is 0. The highest BCUT2D eigenvalue weighted by molar-refractivity contribution is 7.89. The fraction of sp³-hybridized carbons (Fsp3) is 0.312. The van der Waals surface area contributed by atoms with Crippen LogP contribution in [0.4, 0.5) is 4.39 Å². The van der Waals surface area contributed by atoms with Crippen LogP contribution in [-0.2, 0) is 16.4 Å². The normalized spacial score (nSPS) is 11.5. The van der Waals surface area contributed by atoms with E-state index < -0.39 is 20.7 Å². The van der Waals surface area contributed by atoms with Gasteiger partial charge in [0, 0.05) is 44.0 Å². The Hall–Kier alpha value is -2.19. The summed E-state index contributed by atoms with van der Waals surface area (Å²) in [4.78, 5) is 3.69. The number of methoxy groups -OCH3 is 2. The Kier molecular flexibility index (Phi) is 5.74. The number of aromatic nitrogens is 1. The zero-order valence-corrected chi connectivity index (χ0v) is 14.5. The first-order valence-corrected chi connectivity index (χ1v) is 8.62. The fourth-order valence-corrected chi connectivity index (χ4v) is 3.37. The zero-order chi connectivity index (χ0) is 17.7. The lowest BCUT2D eigenvalue weighted by Crippen LogP contribution is -2.30. The number of rotatable bonds is 7. The molecule has 0 unspecified atom stereocenters. The fourth-order valence-electron chi connectivity index (χ4n) is 2.14. The monoisotopic (exact) mass is 354 g/mol. The molecule has 0 fully saturated rings. The van der Waals surface area contributed by atoms with Crippen molar-refractivity contribution in [2.45, 2.75) is 11.3 Å². The number of benzene rings is 1. The van der Waals surface area contributed by atoms with Crippen molar-refractivity contribution in [1.29, 1.82) is 0 Å². The second-order valence-corrected chi connectivity index (χ2v) is 7.05. The molecule has 1 heterocycles. The van der Waals surface area contributed by atoms with Crippen molar-refractivity contribution >= 4 is 10.0 Å². The third-order valence-electron chi connectivity index (χ3n) is 3.54. The molecule has 8 heteroatoms. The van der Waals surface area contributed by atoms with Crippen molar-refractivity contribution in [2.24, 2.45) is 0 Å². The second-order valence-electron chi connectivity index (χ2n) is 5.04. The minimum atomic E-state index is -4.00. The van der Waals surface area contributed by atoms with E-state index >= 15 is 0 Å². The van der Waals surface area contributed by atoms with Crippen molar-refractivity contribution < 1.29 is 22.3 Å². The number of pyridine rings is 1. The highest BCUT2D eigenvalue weighted by Gasteiger charge is 2.26. The number of halogens is 1. The molecule has 0 aliphatic carbocycles. The molecule has 0 spiro atoms. The maximum Gasteiger partial charge on any atom is 0.245 e. The van der Waals surface area contributed by atoms with Gasteiger partial charge in [-0.25, -0.2) is 17.1 Å². The van der Waals surface area contributed by atoms with Gasteiger partial charge in [-0.05, 0) is 12.1 Å². The van der Waals surface area contributed by atoms with Gasteiger partial charge in [0.05, 0.1) is 14.2 Å². The highest BCUT2D eigenvalue weighted by atomic mass is 32.2. The molecule has 0 amide bonds. The lowest BCUT2D eigenvalue weighted by molar-refractivity contribution is 0.349. The maximum atomic E-state index is 14.2. The SMILES string of the molecule is COc1cc(F)c(S(=O)(=O)N(C)CCc2ccccn2)cc1OC. The summed E-state index contributed by atoms with van der Waals surface area (Å²) in [7, 11) is 0.105. The van der Waals surface area contributed by atoms with Gasteiger partial charge in [-0.1, -0.05) is 6.07 Å². The predicted molar refractivity (Wildman–Crippen MR) is 87.3 cm³/mol. The van der Waals surface area contributed by atoms with Crippen LogP contribution in [0.15, 0.2) is 41.4 Å². The van der Waals surface area contributed by atoms with Crippen LogP contribution >= 0.6 is 0 Å². The average Bonchev–Trinajstić information content (AvgIpc) is 2.59. The second kappa shape index (κ2) is 7.59. The van der Waals surface area contributed by atoms with E-state index in [-0.39, 0.29) is 18.0 Å². The van der Waals surface area contributed by atoms with E-state index in [0.717, 1.165) is 22.1 Å². The number of nitrogens with zero attached hydrogens (tertiary/aromatic N) is 2. The summed E-state index contributed by atoms with van der Waals surface area (Å²) >= 11 is 0. The molecule has 0 saturated carbocycles. The van der Waals surface area contributed by atoms with E-state index in [1.165, 1.54) is 21.3 Å². The molecule has 6 nitrogen and oxygen atoms in total. The molecule has 1 aromatic carbocycles. The first-order valence-electron chi connectivity index (χ1n) is 7.18. The molecule has 2 aromatic rings. The largest absolute Gasteiger partial charge is 0.493 e. The number of hydrogen-bond acceptors (Lipinski definition) is 5. The van der Waals surface area contributed by atoms with Crippen molar-refractivity contribution in [3.63, 3.8) is 0 Å². The lowest BCUT2D eigenvalue weighted by atomic mass is 10.3. The zero-order valence-electron chi connectivity index (χ0n) is 13.7. The van der Waals surface area contributed by atoms with Gasteiger partial charge in [0.2, 0.25) is 10.0 Å². The van der Waals surface area contributed by atoms with Gasteiger partial charge in [-0.3, -0.25) is 4.98 Å². The van der Waals surface area contributed by atoms with Gasteiger partial charge in [-0.15, -0.1) is 0 Å². The summed E-state index contributed by atoms with van der Waals surface area (Å²) in [5.74, 6) is -0.613. The van der Waals surface area contributed by atoms with Crippen molar-refractivity contribution in [3.8, 4) is 11.5 Å². The standard InChI is InChI=1S/C16H19FN2O4S/c1-19(9-7-12-6-4-5-8-18-12)24(20,21)16-11-15(23-3)14(22-2)10-13(16)17/h4-6,8,10-11H,7,9H2,1-3H3. The molecule has 0 bridgehead atoms. The molecule has 0 radical (unpaired) electrons. The molecule has 130 valence electrons. The Morgan fingerprint density at radius 3 is 2.42 bits per heavy atom. The van der Waals surface area contributed by atoms with E-state index in [9.17, 15) is 12.8 Å². The van der Waals surface area contributed by atoms with Crippen LogP contribution < -0.4 is 9.47 Å². The van der Waals surface area contributed by atoms with Crippen LogP contribution in [0.5, 0.6) is 11.5 Å². The third kappa shape index (κ3) is 3.82. The topological polar surface area (TPSA) is 68.7 Å². The summed E-state index contributed by atoms with van der Waals surface area (Å²) in [6.45, 7) is 0.174. The van der Waals surface area contributed by atoms with Crippen LogP contribution in [0.3, 0.4) is 0 Å². The summed E-state index contributed by atoms with van der Waals surface area (Å²) in [6, 6.07) is 7.53. The van der Waals surface area contributed by atoms with E-state index in [2.05, 4.69) is 4.98 Å². The van der Waals surface area contributed by atoms with Gasteiger partial charge in [-0.2, -0.15) is 0 Å². The first-order chi connectivity index (χ1) is 11.4. The van der Waals surface area contributed by atoms with Crippen molar-refractivity contribution in [1.82, 2.24) is 9.29 Å². The van der Waals surface area contributed by atoms with E-state index in [1.54, 1.807) is 18.3 Å². The van der Waals surface area contributed by atoms with Gasteiger partial charge in [0.15, 0.2) is 11.5 Å². The summed E-state index contributed by atoms with van der Waals surface area (Å²) in [5.41, 5.74) is 0.757. The van der Waals surface area contributed by atoms with Crippen LogP contribution in [0.25, 0.3) is 0 Å². The summed E-state index contributed by atoms with van der Waals surface area (Å²) in [5, 5.41) is 0. The molecule has 0 N–H and O–H groups in total. The molecular formula is C16H19FN2O4S. The van der Waals surface area contributed by atoms with Crippen LogP contribution in [-0.4, -0.2) is 45.5 Å². The number of likely N-dealkylation sites (N-methyl/N-ethyl adjacent to an activating group) is 1.